The van der Waals surface area contributed by atoms with Gasteiger partial charge in [0.1, 0.15) is 12.1 Å². The molecule has 25 heavy (non-hydrogen) atoms. The van der Waals surface area contributed by atoms with Crippen molar-refractivity contribution in [2.45, 2.75) is 13.2 Å². The highest BCUT2D eigenvalue weighted by atomic mass is 19.3. The predicted molar refractivity (Wildman–Crippen MR) is 86.6 cm³/mol. The fraction of sp³-hybridized carbons (Fsp3) is 0.118. The zero-order valence-corrected chi connectivity index (χ0v) is 13.0. The topological polar surface area (TPSA) is 69.0 Å². The van der Waals surface area contributed by atoms with Gasteiger partial charge in [0.2, 0.25) is 5.95 Å². The minimum absolute atomic E-state index is 0.0150. The standard InChI is InChI=1S/C17H14F2N4O2/c18-16(19)25-14-8-6-13(7-9-14)15(24)21-17-22-20-11-23(17)10-12-4-2-1-3-5-12/h1-9,11,16H,10H2,(H,21,22,24). The lowest BCUT2D eigenvalue weighted by Gasteiger charge is -2.09. The molecule has 3 aromatic rings. The average Bonchev–Trinajstić information content (AvgIpc) is 3.02. The van der Waals surface area contributed by atoms with E-state index in [1.165, 1.54) is 30.6 Å². The maximum atomic E-state index is 12.3. The van der Waals surface area contributed by atoms with Crippen molar-refractivity contribution in [2.75, 3.05) is 5.32 Å². The molecule has 1 amide bonds. The van der Waals surface area contributed by atoms with Crippen LogP contribution in [0.3, 0.4) is 0 Å². The SMILES string of the molecule is O=C(Nc1nncn1Cc1ccccc1)c1ccc(OC(F)F)cc1. The molecule has 2 aromatic carbocycles. The van der Waals surface area contributed by atoms with E-state index in [1.54, 1.807) is 4.57 Å². The lowest BCUT2D eigenvalue weighted by Crippen LogP contribution is -2.16. The summed E-state index contributed by atoms with van der Waals surface area (Å²) in [6, 6.07) is 15.0. The quantitative estimate of drug-likeness (QED) is 0.746. The summed E-state index contributed by atoms with van der Waals surface area (Å²) in [5.41, 5.74) is 1.32. The number of carbonyl (C=O) groups is 1. The summed E-state index contributed by atoms with van der Waals surface area (Å²) in [6.45, 7) is -2.40. The highest BCUT2D eigenvalue weighted by Crippen LogP contribution is 2.16. The van der Waals surface area contributed by atoms with Crippen molar-refractivity contribution in [2.24, 2.45) is 0 Å². The van der Waals surface area contributed by atoms with E-state index in [1.807, 2.05) is 30.3 Å². The number of benzene rings is 2. The number of nitrogens with zero attached hydrogens (tertiary/aromatic N) is 3. The molecule has 0 saturated heterocycles. The van der Waals surface area contributed by atoms with E-state index in [0.29, 0.717) is 12.5 Å². The van der Waals surface area contributed by atoms with Gasteiger partial charge in [-0.25, -0.2) is 0 Å². The van der Waals surface area contributed by atoms with Crippen LogP contribution in [0.2, 0.25) is 0 Å². The Kier molecular flexibility index (Phi) is 4.98. The van der Waals surface area contributed by atoms with Gasteiger partial charge in [-0.1, -0.05) is 30.3 Å². The van der Waals surface area contributed by atoms with Gasteiger partial charge >= 0.3 is 6.61 Å². The molecule has 1 aromatic heterocycles. The van der Waals surface area contributed by atoms with Crippen LogP contribution in [0.5, 0.6) is 5.75 Å². The Hall–Kier alpha value is -3.29. The van der Waals surface area contributed by atoms with E-state index < -0.39 is 12.5 Å². The van der Waals surface area contributed by atoms with Crippen LogP contribution in [0, 0.1) is 0 Å². The van der Waals surface area contributed by atoms with E-state index in [4.69, 9.17) is 0 Å². The minimum Gasteiger partial charge on any atom is -0.435 e. The zero-order valence-electron chi connectivity index (χ0n) is 13.0. The number of hydrogen-bond donors (Lipinski definition) is 1. The molecular weight excluding hydrogens is 330 g/mol. The van der Waals surface area contributed by atoms with E-state index >= 15 is 0 Å². The first-order valence-corrected chi connectivity index (χ1v) is 7.40. The van der Waals surface area contributed by atoms with Crippen molar-refractivity contribution in [3.05, 3.63) is 72.1 Å². The molecule has 0 saturated carbocycles. The molecule has 0 radical (unpaired) electrons. The third-order valence-corrected chi connectivity index (χ3v) is 3.38. The Morgan fingerprint density at radius 2 is 1.84 bits per heavy atom. The molecule has 0 bridgehead atoms. The molecule has 0 aliphatic rings. The maximum Gasteiger partial charge on any atom is 0.387 e. The number of anilines is 1. The monoisotopic (exact) mass is 344 g/mol. The van der Waals surface area contributed by atoms with E-state index in [9.17, 15) is 13.6 Å². The first-order valence-electron chi connectivity index (χ1n) is 7.40. The van der Waals surface area contributed by atoms with E-state index in [-0.39, 0.29) is 11.3 Å². The number of amides is 1. The second-order valence-corrected chi connectivity index (χ2v) is 5.13. The molecule has 0 spiro atoms. The third-order valence-electron chi connectivity index (χ3n) is 3.38. The molecule has 8 heteroatoms. The van der Waals surface area contributed by atoms with Crippen molar-refractivity contribution in [3.8, 4) is 5.75 Å². The summed E-state index contributed by atoms with van der Waals surface area (Å²) in [5, 5.41) is 10.3. The predicted octanol–water partition coefficient (Wildman–Crippen LogP) is 3.18. The summed E-state index contributed by atoms with van der Waals surface area (Å²) in [4.78, 5) is 12.3. The number of halogens is 2. The molecule has 6 nitrogen and oxygen atoms in total. The number of carbonyl (C=O) groups excluding carboxylic acids is 1. The number of rotatable bonds is 6. The third kappa shape index (κ3) is 4.37. The Labute approximate surface area is 142 Å². The number of hydrogen-bond acceptors (Lipinski definition) is 4. The van der Waals surface area contributed by atoms with Crippen LogP contribution in [-0.2, 0) is 6.54 Å². The van der Waals surface area contributed by atoms with Crippen LogP contribution in [0.15, 0.2) is 60.9 Å². The van der Waals surface area contributed by atoms with Gasteiger partial charge in [-0.15, -0.1) is 10.2 Å². The fourth-order valence-electron chi connectivity index (χ4n) is 2.21. The molecule has 1 N–H and O–H groups in total. The van der Waals surface area contributed by atoms with Crippen molar-refractivity contribution in [3.63, 3.8) is 0 Å². The van der Waals surface area contributed by atoms with Crippen molar-refractivity contribution >= 4 is 11.9 Å². The summed E-state index contributed by atoms with van der Waals surface area (Å²) in [5.74, 6) is -0.147. The lowest BCUT2D eigenvalue weighted by molar-refractivity contribution is -0.0498. The van der Waals surface area contributed by atoms with Crippen LogP contribution >= 0.6 is 0 Å². The molecule has 0 atom stereocenters. The van der Waals surface area contributed by atoms with Crippen molar-refractivity contribution < 1.29 is 18.3 Å². The van der Waals surface area contributed by atoms with Crippen LogP contribution in [-0.4, -0.2) is 27.3 Å². The Bertz CT molecular complexity index is 835. The van der Waals surface area contributed by atoms with Gasteiger partial charge < -0.3 is 4.74 Å². The molecule has 0 aliphatic carbocycles. The first kappa shape index (κ1) is 16.6. The van der Waals surface area contributed by atoms with Gasteiger partial charge in [0.05, 0.1) is 6.54 Å². The molecule has 0 unspecified atom stereocenters. The smallest absolute Gasteiger partial charge is 0.387 e. The van der Waals surface area contributed by atoms with E-state index in [0.717, 1.165) is 5.56 Å². The zero-order chi connectivity index (χ0) is 17.6. The minimum atomic E-state index is -2.91. The van der Waals surface area contributed by atoms with Crippen molar-refractivity contribution in [1.82, 2.24) is 14.8 Å². The van der Waals surface area contributed by atoms with Gasteiger partial charge in [-0.05, 0) is 29.8 Å². The summed E-state index contributed by atoms with van der Waals surface area (Å²) < 4.78 is 30.2. The number of ether oxygens (including phenoxy) is 1. The van der Waals surface area contributed by atoms with Crippen LogP contribution in [0.1, 0.15) is 15.9 Å². The average molecular weight is 344 g/mol. The van der Waals surface area contributed by atoms with Gasteiger partial charge in [0.25, 0.3) is 5.91 Å². The Morgan fingerprint density at radius 1 is 1.12 bits per heavy atom. The fourth-order valence-corrected chi connectivity index (χ4v) is 2.21. The summed E-state index contributed by atoms with van der Waals surface area (Å²) in [7, 11) is 0. The lowest BCUT2D eigenvalue weighted by atomic mass is 10.2. The highest BCUT2D eigenvalue weighted by molar-refractivity contribution is 6.03. The molecular formula is C17H14F2N4O2. The molecule has 0 aliphatic heterocycles. The van der Waals surface area contributed by atoms with Gasteiger partial charge in [0, 0.05) is 5.56 Å². The van der Waals surface area contributed by atoms with E-state index in [2.05, 4.69) is 20.3 Å². The molecule has 128 valence electrons. The largest absolute Gasteiger partial charge is 0.435 e. The van der Waals surface area contributed by atoms with Crippen LogP contribution < -0.4 is 10.1 Å². The number of alkyl halides is 2. The highest BCUT2D eigenvalue weighted by Gasteiger charge is 2.12. The van der Waals surface area contributed by atoms with Gasteiger partial charge in [0.15, 0.2) is 0 Å². The summed E-state index contributed by atoms with van der Waals surface area (Å²) >= 11 is 0. The maximum absolute atomic E-state index is 12.3. The Morgan fingerprint density at radius 3 is 2.52 bits per heavy atom. The second-order valence-electron chi connectivity index (χ2n) is 5.13. The van der Waals surface area contributed by atoms with Gasteiger partial charge in [-0.3, -0.25) is 14.7 Å². The summed E-state index contributed by atoms with van der Waals surface area (Å²) in [6.07, 6.45) is 1.52. The second kappa shape index (κ2) is 7.52. The molecule has 3 rings (SSSR count). The van der Waals surface area contributed by atoms with Crippen molar-refractivity contribution in [1.29, 1.82) is 0 Å². The first-order chi connectivity index (χ1) is 12.1. The Balaban J connectivity index is 1.68. The number of aromatic nitrogens is 3. The van der Waals surface area contributed by atoms with Crippen LogP contribution in [0.4, 0.5) is 14.7 Å². The van der Waals surface area contributed by atoms with Crippen LogP contribution in [0.25, 0.3) is 0 Å². The normalized spacial score (nSPS) is 10.7. The molecule has 1 heterocycles. The number of nitrogens with one attached hydrogen (secondary N) is 1. The molecule has 0 fully saturated rings. The van der Waals surface area contributed by atoms with Gasteiger partial charge in [-0.2, -0.15) is 8.78 Å².